The number of carboxylic acid groups (broad SMARTS) is 1. The first kappa shape index (κ1) is 10.1. The third-order valence-electron chi connectivity index (χ3n) is 2.03. The van der Waals surface area contributed by atoms with Crippen molar-refractivity contribution < 1.29 is 15.0 Å². The van der Waals surface area contributed by atoms with E-state index in [1.54, 1.807) is 24.3 Å². The quantitative estimate of drug-likeness (QED) is 0.795. The molecular weight excluding hydrogens is 208 g/mol. The zero-order valence-corrected chi connectivity index (χ0v) is 8.16. The molecule has 80 valence electrons. The van der Waals surface area contributed by atoms with E-state index in [-0.39, 0.29) is 5.56 Å². The normalized spacial score (nSPS) is 10.0. The maximum Gasteiger partial charge on any atom is 0.342 e. The number of aromatic hydroxyl groups is 1. The second-order valence-corrected chi connectivity index (χ2v) is 3.10. The zero-order chi connectivity index (χ0) is 11.5. The van der Waals surface area contributed by atoms with Gasteiger partial charge < -0.3 is 10.2 Å². The van der Waals surface area contributed by atoms with Crippen LogP contribution in [0.5, 0.6) is 5.88 Å². The van der Waals surface area contributed by atoms with Crippen LogP contribution in [-0.2, 0) is 0 Å². The van der Waals surface area contributed by atoms with Crippen molar-refractivity contribution in [1.29, 1.82) is 0 Å². The van der Waals surface area contributed by atoms with Crippen LogP contribution < -0.4 is 0 Å². The third-order valence-corrected chi connectivity index (χ3v) is 2.03. The van der Waals surface area contributed by atoms with Gasteiger partial charge in [0.05, 0.1) is 0 Å². The molecule has 2 N–H and O–H groups in total. The fraction of sp³-hybridized carbons (Fsp3) is 0. The van der Waals surface area contributed by atoms with Crippen molar-refractivity contribution in [2.45, 2.75) is 0 Å². The molecule has 2 rings (SSSR count). The van der Waals surface area contributed by atoms with Gasteiger partial charge >= 0.3 is 5.97 Å². The molecular formula is C11H8N2O3. The number of aromatic nitrogens is 2. The molecule has 5 nitrogen and oxygen atoms in total. The third kappa shape index (κ3) is 1.83. The van der Waals surface area contributed by atoms with Crippen LogP contribution in [0.15, 0.2) is 36.5 Å². The standard InChI is InChI=1S/C11H8N2O3/c14-10-8(11(15)16)6-12-9(13-10)7-4-2-1-3-5-7/h1-6H,(H,15,16)(H,12,13,14). The zero-order valence-electron chi connectivity index (χ0n) is 8.16. The molecule has 0 fully saturated rings. The summed E-state index contributed by atoms with van der Waals surface area (Å²) >= 11 is 0. The number of nitrogens with zero attached hydrogens (tertiary/aromatic N) is 2. The lowest BCUT2D eigenvalue weighted by molar-refractivity contribution is 0.0692. The number of benzene rings is 1. The molecule has 0 unspecified atom stereocenters. The Bertz CT molecular complexity index is 526. The lowest BCUT2D eigenvalue weighted by atomic mass is 10.2. The van der Waals surface area contributed by atoms with Crippen molar-refractivity contribution in [1.82, 2.24) is 9.97 Å². The lowest BCUT2D eigenvalue weighted by Gasteiger charge is -2.02. The molecule has 0 bridgehead atoms. The van der Waals surface area contributed by atoms with E-state index in [9.17, 15) is 9.90 Å². The van der Waals surface area contributed by atoms with Crippen molar-refractivity contribution in [3.05, 3.63) is 42.1 Å². The van der Waals surface area contributed by atoms with Crippen molar-refractivity contribution in [2.75, 3.05) is 0 Å². The maximum absolute atomic E-state index is 10.6. The highest BCUT2D eigenvalue weighted by atomic mass is 16.4. The van der Waals surface area contributed by atoms with E-state index in [0.717, 1.165) is 11.8 Å². The molecule has 5 heteroatoms. The van der Waals surface area contributed by atoms with E-state index in [1.165, 1.54) is 0 Å². The predicted molar refractivity (Wildman–Crippen MR) is 56.1 cm³/mol. The summed E-state index contributed by atoms with van der Waals surface area (Å²) in [6.45, 7) is 0. The first-order valence-electron chi connectivity index (χ1n) is 4.53. The Labute approximate surface area is 91.0 Å². The number of carboxylic acids is 1. The largest absolute Gasteiger partial charge is 0.493 e. The Balaban J connectivity index is 2.46. The van der Waals surface area contributed by atoms with Crippen LogP contribution in [0.3, 0.4) is 0 Å². The molecule has 1 heterocycles. The number of hydrogen-bond acceptors (Lipinski definition) is 4. The smallest absolute Gasteiger partial charge is 0.342 e. The summed E-state index contributed by atoms with van der Waals surface area (Å²) in [6, 6.07) is 9.00. The summed E-state index contributed by atoms with van der Waals surface area (Å²) in [5.41, 5.74) is 0.411. The van der Waals surface area contributed by atoms with E-state index >= 15 is 0 Å². The van der Waals surface area contributed by atoms with Gasteiger partial charge in [0, 0.05) is 11.8 Å². The van der Waals surface area contributed by atoms with Gasteiger partial charge in [-0.25, -0.2) is 9.78 Å². The maximum atomic E-state index is 10.6. The molecule has 0 saturated carbocycles. The summed E-state index contributed by atoms with van der Waals surface area (Å²) in [4.78, 5) is 18.2. The van der Waals surface area contributed by atoms with Gasteiger partial charge in [0.2, 0.25) is 5.88 Å². The van der Waals surface area contributed by atoms with Gasteiger partial charge in [-0.2, -0.15) is 4.98 Å². The number of aromatic carboxylic acids is 1. The van der Waals surface area contributed by atoms with Gasteiger partial charge in [0.1, 0.15) is 5.56 Å². The van der Waals surface area contributed by atoms with Crippen molar-refractivity contribution >= 4 is 5.97 Å². The molecule has 0 saturated heterocycles. The van der Waals surface area contributed by atoms with E-state index in [1.807, 2.05) is 6.07 Å². The van der Waals surface area contributed by atoms with E-state index in [4.69, 9.17) is 5.11 Å². The molecule has 0 aliphatic rings. The summed E-state index contributed by atoms with van der Waals surface area (Å²) in [7, 11) is 0. The summed E-state index contributed by atoms with van der Waals surface area (Å²) in [5.74, 6) is -1.48. The minimum Gasteiger partial charge on any atom is -0.493 e. The molecule has 2 aromatic rings. The Morgan fingerprint density at radius 1 is 1.19 bits per heavy atom. The van der Waals surface area contributed by atoms with Crippen molar-refractivity contribution in [2.24, 2.45) is 0 Å². The van der Waals surface area contributed by atoms with Crippen LogP contribution in [0.2, 0.25) is 0 Å². The molecule has 0 amide bonds. The van der Waals surface area contributed by atoms with Crippen LogP contribution >= 0.6 is 0 Å². The van der Waals surface area contributed by atoms with Gasteiger partial charge in [-0.3, -0.25) is 0 Å². The molecule has 0 atom stereocenters. The fourth-order valence-corrected chi connectivity index (χ4v) is 1.25. The number of rotatable bonds is 2. The monoisotopic (exact) mass is 216 g/mol. The Morgan fingerprint density at radius 2 is 1.88 bits per heavy atom. The van der Waals surface area contributed by atoms with Crippen molar-refractivity contribution in [3.8, 4) is 17.3 Å². The summed E-state index contributed by atoms with van der Waals surface area (Å²) < 4.78 is 0. The SMILES string of the molecule is O=C(O)c1cnc(-c2ccccc2)nc1O. The Hall–Kier alpha value is -2.43. The first-order valence-corrected chi connectivity index (χ1v) is 4.53. The molecule has 0 spiro atoms. The molecule has 16 heavy (non-hydrogen) atoms. The first-order chi connectivity index (χ1) is 7.68. The highest BCUT2D eigenvalue weighted by molar-refractivity contribution is 5.89. The minimum atomic E-state index is -1.25. The van der Waals surface area contributed by atoms with Crippen LogP contribution in [-0.4, -0.2) is 26.2 Å². The van der Waals surface area contributed by atoms with Crippen LogP contribution in [0.25, 0.3) is 11.4 Å². The lowest BCUT2D eigenvalue weighted by Crippen LogP contribution is -2.00. The van der Waals surface area contributed by atoms with Crippen LogP contribution in [0.1, 0.15) is 10.4 Å². The van der Waals surface area contributed by atoms with Gasteiger partial charge in [0.25, 0.3) is 0 Å². The van der Waals surface area contributed by atoms with Crippen molar-refractivity contribution in [3.63, 3.8) is 0 Å². The highest BCUT2D eigenvalue weighted by Gasteiger charge is 2.12. The highest BCUT2D eigenvalue weighted by Crippen LogP contribution is 2.19. The van der Waals surface area contributed by atoms with Gasteiger partial charge in [-0.15, -0.1) is 0 Å². The Kier molecular flexibility index (Phi) is 2.51. The second-order valence-electron chi connectivity index (χ2n) is 3.10. The Morgan fingerprint density at radius 3 is 2.44 bits per heavy atom. The van der Waals surface area contributed by atoms with E-state index in [0.29, 0.717) is 5.82 Å². The van der Waals surface area contributed by atoms with Gasteiger partial charge in [-0.05, 0) is 0 Å². The van der Waals surface area contributed by atoms with Gasteiger partial charge in [0.15, 0.2) is 5.82 Å². The van der Waals surface area contributed by atoms with E-state index in [2.05, 4.69) is 9.97 Å². The fourth-order valence-electron chi connectivity index (χ4n) is 1.25. The number of carbonyl (C=O) groups is 1. The number of hydrogen-bond donors (Lipinski definition) is 2. The van der Waals surface area contributed by atoms with Crippen LogP contribution in [0, 0.1) is 0 Å². The molecule has 0 radical (unpaired) electrons. The summed E-state index contributed by atoms with van der Waals surface area (Å²) in [5, 5.41) is 18.1. The van der Waals surface area contributed by atoms with Gasteiger partial charge in [-0.1, -0.05) is 30.3 Å². The molecule has 0 aliphatic heterocycles. The average Bonchev–Trinajstić information content (AvgIpc) is 2.29. The van der Waals surface area contributed by atoms with E-state index < -0.39 is 11.8 Å². The molecule has 1 aromatic heterocycles. The predicted octanol–water partition coefficient (Wildman–Crippen LogP) is 1.55. The molecule has 1 aromatic carbocycles. The molecule has 0 aliphatic carbocycles. The average molecular weight is 216 g/mol. The topological polar surface area (TPSA) is 83.3 Å². The summed E-state index contributed by atoms with van der Waals surface area (Å²) in [6.07, 6.45) is 1.09. The minimum absolute atomic E-state index is 0.295. The van der Waals surface area contributed by atoms with Crippen LogP contribution in [0.4, 0.5) is 0 Å². The second kappa shape index (κ2) is 3.98.